The number of nitrogens with zero attached hydrogens (tertiary/aromatic N) is 2. The average molecular weight is 226 g/mol. The molecule has 6 heteroatoms. The molecule has 0 saturated heterocycles. The van der Waals surface area contributed by atoms with Crippen molar-refractivity contribution in [1.82, 2.24) is 14.9 Å². The van der Waals surface area contributed by atoms with Gasteiger partial charge in [-0.1, -0.05) is 0 Å². The monoisotopic (exact) mass is 226 g/mol. The first kappa shape index (κ1) is 12.7. The Labute approximate surface area is 94.8 Å². The van der Waals surface area contributed by atoms with Crippen LogP contribution in [0.2, 0.25) is 0 Å². The van der Waals surface area contributed by atoms with E-state index >= 15 is 0 Å². The molecule has 0 saturated carbocycles. The highest BCUT2D eigenvalue weighted by Gasteiger charge is 1.98. The summed E-state index contributed by atoms with van der Waals surface area (Å²) in [5.74, 6) is 0.610. The molecule has 0 bridgehead atoms. The smallest absolute Gasteiger partial charge is 0.243 e. The van der Waals surface area contributed by atoms with Crippen LogP contribution >= 0.6 is 0 Å². The van der Waals surface area contributed by atoms with E-state index in [1.165, 1.54) is 0 Å². The molecule has 0 radical (unpaired) electrons. The number of primary amides is 1. The Morgan fingerprint density at radius 1 is 1.62 bits per heavy atom. The first-order valence-corrected chi connectivity index (χ1v) is 5.23. The summed E-state index contributed by atoms with van der Waals surface area (Å²) in [5, 5.41) is 3.19. The number of carbonyl (C=O) groups excluding carboxylic acids is 1. The molecular weight excluding hydrogens is 208 g/mol. The first-order valence-electron chi connectivity index (χ1n) is 5.23. The molecule has 6 nitrogen and oxygen atoms in total. The summed E-state index contributed by atoms with van der Waals surface area (Å²) < 4.78 is 6.99. The van der Waals surface area contributed by atoms with Crippen LogP contribution < -0.4 is 11.1 Å². The maximum Gasteiger partial charge on any atom is 0.243 e. The highest BCUT2D eigenvalue weighted by Crippen LogP contribution is 1.93. The van der Waals surface area contributed by atoms with E-state index in [2.05, 4.69) is 10.3 Å². The lowest BCUT2D eigenvalue weighted by atomic mass is 10.4. The topological polar surface area (TPSA) is 82.2 Å². The fourth-order valence-corrected chi connectivity index (χ4v) is 1.28. The van der Waals surface area contributed by atoms with Crippen LogP contribution in [0, 0.1) is 0 Å². The van der Waals surface area contributed by atoms with Crippen LogP contribution in [0.15, 0.2) is 12.4 Å². The van der Waals surface area contributed by atoms with Crippen molar-refractivity contribution in [2.24, 2.45) is 12.8 Å². The summed E-state index contributed by atoms with van der Waals surface area (Å²) in [5.41, 5.74) is 4.92. The van der Waals surface area contributed by atoms with Crippen molar-refractivity contribution < 1.29 is 9.53 Å². The molecule has 0 aliphatic heterocycles. The number of carbonyl (C=O) groups is 1. The van der Waals surface area contributed by atoms with Crippen molar-refractivity contribution >= 4 is 5.91 Å². The molecule has 0 aromatic carbocycles. The number of imidazole rings is 1. The van der Waals surface area contributed by atoms with E-state index in [4.69, 9.17) is 10.5 Å². The molecule has 16 heavy (non-hydrogen) atoms. The highest BCUT2D eigenvalue weighted by molar-refractivity contribution is 5.74. The van der Waals surface area contributed by atoms with Crippen molar-refractivity contribution in [3.63, 3.8) is 0 Å². The largest absolute Gasteiger partial charge is 0.370 e. The number of ether oxygens (including phenoxy) is 1. The number of hydrogen-bond acceptors (Lipinski definition) is 4. The third kappa shape index (κ3) is 4.90. The Morgan fingerprint density at radius 2 is 2.44 bits per heavy atom. The SMILES string of the molecule is Cn1ccnc1CCNCCOCC(N)=O. The number of nitrogens with two attached hydrogens (primary N) is 1. The molecule has 1 heterocycles. The lowest BCUT2D eigenvalue weighted by Crippen LogP contribution is -2.25. The lowest BCUT2D eigenvalue weighted by Gasteiger charge is -2.05. The van der Waals surface area contributed by atoms with Gasteiger partial charge >= 0.3 is 0 Å². The zero-order chi connectivity index (χ0) is 11.8. The van der Waals surface area contributed by atoms with E-state index in [1.54, 1.807) is 6.20 Å². The van der Waals surface area contributed by atoms with Gasteiger partial charge in [-0.3, -0.25) is 4.79 Å². The number of amides is 1. The van der Waals surface area contributed by atoms with Gasteiger partial charge in [0.25, 0.3) is 0 Å². The maximum absolute atomic E-state index is 10.3. The van der Waals surface area contributed by atoms with E-state index in [0.29, 0.717) is 13.2 Å². The molecule has 3 N–H and O–H groups in total. The zero-order valence-corrected chi connectivity index (χ0v) is 9.48. The van der Waals surface area contributed by atoms with Crippen molar-refractivity contribution in [2.45, 2.75) is 6.42 Å². The normalized spacial score (nSPS) is 10.6. The number of rotatable bonds is 8. The second kappa shape index (κ2) is 6.97. The van der Waals surface area contributed by atoms with Gasteiger partial charge in [0.2, 0.25) is 5.91 Å². The summed E-state index contributed by atoms with van der Waals surface area (Å²) in [4.78, 5) is 14.6. The van der Waals surface area contributed by atoms with E-state index in [0.717, 1.165) is 18.8 Å². The molecule has 0 spiro atoms. The second-order valence-corrected chi connectivity index (χ2v) is 3.47. The number of aromatic nitrogens is 2. The summed E-state index contributed by atoms with van der Waals surface area (Å²) in [6, 6.07) is 0. The van der Waals surface area contributed by atoms with Crippen molar-refractivity contribution in [2.75, 3.05) is 26.3 Å². The van der Waals surface area contributed by atoms with Crippen LogP contribution in [-0.2, 0) is 23.0 Å². The van der Waals surface area contributed by atoms with Gasteiger partial charge < -0.3 is 20.4 Å². The summed E-state index contributed by atoms with van der Waals surface area (Å²) in [6.07, 6.45) is 4.58. The molecule has 1 aromatic heterocycles. The average Bonchev–Trinajstić information content (AvgIpc) is 2.62. The van der Waals surface area contributed by atoms with Crippen molar-refractivity contribution in [1.29, 1.82) is 0 Å². The minimum atomic E-state index is -0.437. The molecule has 1 aromatic rings. The highest BCUT2D eigenvalue weighted by atomic mass is 16.5. The van der Waals surface area contributed by atoms with Crippen LogP contribution in [-0.4, -0.2) is 41.8 Å². The summed E-state index contributed by atoms with van der Waals surface area (Å²) >= 11 is 0. The zero-order valence-electron chi connectivity index (χ0n) is 9.48. The Kier molecular flexibility index (Phi) is 5.52. The van der Waals surface area contributed by atoms with Gasteiger partial charge in [-0.25, -0.2) is 4.98 Å². The molecule has 1 amide bonds. The number of nitrogens with one attached hydrogen (secondary N) is 1. The molecule has 0 unspecified atom stereocenters. The predicted octanol–water partition coefficient (Wildman–Crippen LogP) is -0.946. The number of aryl methyl sites for hydroxylation is 1. The number of hydrogen-bond donors (Lipinski definition) is 2. The molecule has 0 atom stereocenters. The van der Waals surface area contributed by atoms with Crippen molar-refractivity contribution in [3.05, 3.63) is 18.2 Å². The Morgan fingerprint density at radius 3 is 3.06 bits per heavy atom. The van der Waals surface area contributed by atoms with Gasteiger partial charge in [0.1, 0.15) is 12.4 Å². The molecule has 0 aliphatic carbocycles. The maximum atomic E-state index is 10.3. The van der Waals surface area contributed by atoms with Gasteiger partial charge in [-0.2, -0.15) is 0 Å². The van der Waals surface area contributed by atoms with Crippen molar-refractivity contribution in [3.8, 4) is 0 Å². The fourth-order valence-electron chi connectivity index (χ4n) is 1.28. The van der Waals surface area contributed by atoms with Gasteiger partial charge in [0.05, 0.1) is 6.61 Å². The summed E-state index contributed by atoms with van der Waals surface area (Å²) in [6.45, 7) is 2.02. The lowest BCUT2D eigenvalue weighted by molar-refractivity contribution is -0.122. The molecule has 0 aliphatic rings. The van der Waals surface area contributed by atoms with E-state index in [1.807, 2.05) is 17.8 Å². The minimum absolute atomic E-state index is 0.0129. The Bertz CT molecular complexity index is 324. The predicted molar refractivity (Wildman–Crippen MR) is 59.8 cm³/mol. The molecule has 90 valence electrons. The van der Waals surface area contributed by atoms with Gasteiger partial charge in [-0.05, 0) is 0 Å². The van der Waals surface area contributed by atoms with Crippen LogP contribution in [0.3, 0.4) is 0 Å². The van der Waals surface area contributed by atoms with Crippen LogP contribution in [0.25, 0.3) is 0 Å². The van der Waals surface area contributed by atoms with Gasteiger partial charge in [-0.15, -0.1) is 0 Å². The third-order valence-electron chi connectivity index (χ3n) is 2.11. The first-order chi connectivity index (χ1) is 7.70. The van der Waals surface area contributed by atoms with Gasteiger partial charge in [0, 0.05) is 39.0 Å². The standard InChI is InChI=1S/C10H18N4O2/c1-14-6-4-13-10(14)2-3-12-5-7-16-8-9(11)15/h4,6,12H,2-3,5,7-8H2,1H3,(H2,11,15). The third-order valence-corrected chi connectivity index (χ3v) is 2.11. The Hall–Kier alpha value is -1.40. The summed E-state index contributed by atoms with van der Waals surface area (Å²) in [7, 11) is 1.97. The molecular formula is C10H18N4O2. The van der Waals surface area contributed by atoms with E-state index < -0.39 is 5.91 Å². The van der Waals surface area contributed by atoms with Crippen LogP contribution in [0.4, 0.5) is 0 Å². The Balaban J connectivity index is 1.96. The minimum Gasteiger partial charge on any atom is -0.370 e. The van der Waals surface area contributed by atoms with Crippen LogP contribution in [0.1, 0.15) is 5.82 Å². The molecule has 0 fully saturated rings. The van der Waals surface area contributed by atoms with E-state index in [-0.39, 0.29) is 6.61 Å². The molecule has 1 rings (SSSR count). The van der Waals surface area contributed by atoms with Crippen LogP contribution in [0.5, 0.6) is 0 Å². The quantitative estimate of drug-likeness (QED) is 0.560. The van der Waals surface area contributed by atoms with Gasteiger partial charge in [0.15, 0.2) is 0 Å². The second-order valence-electron chi connectivity index (χ2n) is 3.47. The van der Waals surface area contributed by atoms with E-state index in [9.17, 15) is 4.79 Å². The fraction of sp³-hybridized carbons (Fsp3) is 0.600.